The van der Waals surface area contributed by atoms with Crippen LogP contribution in [0.3, 0.4) is 0 Å². The quantitative estimate of drug-likeness (QED) is 0.668. The van der Waals surface area contributed by atoms with Gasteiger partial charge in [-0.25, -0.2) is 0 Å². The Labute approximate surface area is 68.3 Å². The topological polar surface area (TPSA) is 29.5 Å². The summed E-state index contributed by atoms with van der Waals surface area (Å²) in [5.74, 6) is 0. The number of rotatable bonds is 1. The summed E-state index contributed by atoms with van der Waals surface area (Å²) in [4.78, 5) is 0. The summed E-state index contributed by atoms with van der Waals surface area (Å²) in [6.07, 6.45) is -6.17. The number of hydrogen-bond donors (Lipinski definition) is 1. The van der Waals surface area contributed by atoms with Gasteiger partial charge in [-0.3, -0.25) is 0 Å². The Balaban J connectivity index is 2.45. The van der Waals surface area contributed by atoms with Gasteiger partial charge in [-0.2, -0.15) is 13.2 Å². The van der Waals surface area contributed by atoms with Crippen LogP contribution in [0.5, 0.6) is 0 Å². The Bertz CT molecular complexity index is 140. The van der Waals surface area contributed by atoms with Crippen LogP contribution in [-0.4, -0.2) is 30.1 Å². The highest BCUT2D eigenvalue weighted by molar-refractivity contribution is 4.77. The van der Waals surface area contributed by atoms with Crippen molar-refractivity contribution >= 4 is 0 Å². The van der Waals surface area contributed by atoms with Gasteiger partial charge in [0.1, 0.15) is 0 Å². The number of ether oxygens (including phenoxy) is 1. The summed E-state index contributed by atoms with van der Waals surface area (Å²) in [6, 6.07) is 0. The van der Waals surface area contributed by atoms with Gasteiger partial charge in [-0.15, -0.1) is 0 Å². The lowest BCUT2D eigenvalue weighted by Crippen LogP contribution is -2.42. The zero-order chi connectivity index (χ0) is 9.19. The van der Waals surface area contributed by atoms with Gasteiger partial charge >= 0.3 is 6.18 Å². The third-order valence-corrected chi connectivity index (χ3v) is 1.90. The van der Waals surface area contributed by atoms with Crippen molar-refractivity contribution < 1.29 is 23.0 Å². The second-order valence-corrected chi connectivity index (χ2v) is 2.89. The fourth-order valence-corrected chi connectivity index (χ4v) is 1.23. The highest BCUT2D eigenvalue weighted by Crippen LogP contribution is 2.27. The average Bonchev–Trinajstić information content (AvgIpc) is 2.03. The van der Waals surface area contributed by atoms with Crippen molar-refractivity contribution in [3.8, 4) is 0 Å². The highest BCUT2D eigenvalue weighted by Gasteiger charge is 2.44. The standard InChI is InChI=1S/C7H11F3O2/c8-7(9,10)6(11)5-3-1-2-4-12-5/h5-6,11H,1-4H2/t5?,6-/m0/s1. The van der Waals surface area contributed by atoms with Crippen molar-refractivity contribution in [1.82, 2.24) is 0 Å². The molecule has 0 aromatic carbocycles. The Hall–Kier alpha value is -0.290. The van der Waals surface area contributed by atoms with E-state index in [1.165, 1.54) is 0 Å². The minimum atomic E-state index is -4.55. The molecule has 72 valence electrons. The fraction of sp³-hybridized carbons (Fsp3) is 1.00. The van der Waals surface area contributed by atoms with Gasteiger partial charge in [0.15, 0.2) is 6.10 Å². The predicted octanol–water partition coefficient (Wildman–Crippen LogP) is 1.48. The molecule has 0 radical (unpaired) electrons. The molecule has 1 saturated heterocycles. The van der Waals surface area contributed by atoms with E-state index >= 15 is 0 Å². The monoisotopic (exact) mass is 184 g/mol. The van der Waals surface area contributed by atoms with E-state index in [1.807, 2.05) is 0 Å². The molecule has 1 aliphatic heterocycles. The molecule has 2 atom stereocenters. The first-order chi connectivity index (χ1) is 5.52. The molecule has 1 rings (SSSR count). The van der Waals surface area contributed by atoms with Crippen LogP contribution in [0.1, 0.15) is 19.3 Å². The third-order valence-electron chi connectivity index (χ3n) is 1.90. The molecule has 1 unspecified atom stereocenters. The lowest BCUT2D eigenvalue weighted by atomic mass is 10.0. The minimum absolute atomic E-state index is 0.292. The molecular weight excluding hydrogens is 173 g/mol. The maximum Gasteiger partial charge on any atom is 0.416 e. The smallest absolute Gasteiger partial charge is 0.381 e. The van der Waals surface area contributed by atoms with Crippen molar-refractivity contribution in [2.75, 3.05) is 6.61 Å². The van der Waals surface area contributed by atoms with Crippen molar-refractivity contribution in [2.45, 2.75) is 37.6 Å². The van der Waals surface area contributed by atoms with Crippen LogP contribution in [0.2, 0.25) is 0 Å². The average molecular weight is 184 g/mol. The summed E-state index contributed by atoms with van der Waals surface area (Å²) in [5, 5.41) is 8.76. The van der Waals surface area contributed by atoms with Crippen LogP contribution in [0.25, 0.3) is 0 Å². The molecular formula is C7H11F3O2. The first-order valence-electron chi connectivity index (χ1n) is 3.88. The molecule has 1 aliphatic rings. The molecule has 0 aromatic rings. The SMILES string of the molecule is O[C@@H](C1CCCCO1)C(F)(F)F. The van der Waals surface area contributed by atoms with E-state index in [2.05, 4.69) is 0 Å². The van der Waals surface area contributed by atoms with Gasteiger partial charge in [0, 0.05) is 6.61 Å². The summed E-state index contributed by atoms with van der Waals surface area (Å²) in [6.45, 7) is 0.317. The summed E-state index contributed by atoms with van der Waals surface area (Å²) < 4.78 is 40.5. The van der Waals surface area contributed by atoms with Gasteiger partial charge in [0.2, 0.25) is 0 Å². The number of aliphatic hydroxyl groups is 1. The molecule has 0 bridgehead atoms. The van der Waals surface area contributed by atoms with Gasteiger partial charge < -0.3 is 9.84 Å². The first-order valence-corrected chi connectivity index (χ1v) is 3.88. The molecule has 5 heteroatoms. The number of aliphatic hydroxyl groups excluding tert-OH is 1. The lowest BCUT2D eigenvalue weighted by molar-refractivity contribution is -0.241. The van der Waals surface area contributed by atoms with Crippen molar-refractivity contribution in [3.05, 3.63) is 0 Å². The van der Waals surface area contributed by atoms with E-state index in [9.17, 15) is 13.2 Å². The van der Waals surface area contributed by atoms with Crippen LogP contribution < -0.4 is 0 Å². The highest BCUT2D eigenvalue weighted by atomic mass is 19.4. The van der Waals surface area contributed by atoms with Crippen LogP contribution >= 0.6 is 0 Å². The van der Waals surface area contributed by atoms with Gasteiger partial charge in [0.05, 0.1) is 6.10 Å². The predicted molar refractivity (Wildman–Crippen MR) is 35.7 cm³/mol. The zero-order valence-electron chi connectivity index (χ0n) is 6.47. The van der Waals surface area contributed by atoms with Crippen LogP contribution in [0.4, 0.5) is 13.2 Å². The minimum Gasteiger partial charge on any atom is -0.381 e. The van der Waals surface area contributed by atoms with E-state index in [0.29, 0.717) is 19.4 Å². The van der Waals surface area contributed by atoms with Crippen molar-refractivity contribution in [3.63, 3.8) is 0 Å². The van der Waals surface area contributed by atoms with Gasteiger partial charge in [0.25, 0.3) is 0 Å². The molecule has 2 nitrogen and oxygen atoms in total. The second kappa shape index (κ2) is 3.62. The van der Waals surface area contributed by atoms with Crippen LogP contribution in [0.15, 0.2) is 0 Å². The molecule has 1 heterocycles. The van der Waals surface area contributed by atoms with Crippen LogP contribution in [0, 0.1) is 0 Å². The number of hydrogen-bond acceptors (Lipinski definition) is 2. The Morgan fingerprint density at radius 1 is 1.33 bits per heavy atom. The maximum absolute atomic E-state index is 11.9. The van der Waals surface area contributed by atoms with E-state index in [0.717, 1.165) is 6.42 Å². The molecule has 0 spiro atoms. The summed E-state index contributed by atoms with van der Waals surface area (Å²) in [5.41, 5.74) is 0. The molecule has 0 aliphatic carbocycles. The van der Waals surface area contributed by atoms with E-state index in [1.54, 1.807) is 0 Å². The van der Waals surface area contributed by atoms with E-state index in [-0.39, 0.29) is 0 Å². The van der Waals surface area contributed by atoms with E-state index in [4.69, 9.17) is 9.84 Å². The second-order valence-electron chi connectivity index (χ2n) is 2.89. The van der Waals surface area contributed by atoms with Crippen molar-refractivity contribution in [2.24, 2.45) is 0 Å². The largest absolute Gasteiger partial charge is 0.416 e. The fourth-order valence-electron chi connectivity index (χ4n) is 1.23. The normalized spacial score (nSPS) is 28.5. The molecule has 0 saturated carbocycles. The maximum atomic E-state index is 11.9. The lowest BCUT2D eigenvalue weighted by Gasteiger charge is -2.28. The zero-order valence-corrected chi connectivity index (χ0v) is 6.47. The Morgan fingerprint density at radius 3 is 2.42 bits per heavy atom. The summed E-state index contributed by atoms with van der Waals surface area (Å²) >= 11 is 0. The number of alkyl halides is 3. The molecule has 12 heavy (non-hydrogen) atoms. The number of halogens is 3. The van der Waals surface area contributed by atoms with Crippen LogP contribution in [-0.2, 0) is 4.74 Å². The molecule has 0 amide bonds. The first kappa shape index (κ1) is 9.80. The summed E-state index contributed by atoms with van der Waals surface area (Å²) in [7, 11) is 0. The van der Waals surface area contributed by atoms with E-state index < -0.39 is 18.4 Å². The van der Waals surface area contributed by atoms with Crippen molar-refractivity contribution in [1.29, 1.82) is 0 Å². The Kier molecular flexibility index (Phi) is 2.95. The molecule has 1 N–H and O–H groups in total. The molecule has 0 aromatic heterocycles. The van der Waals surface area contributed by atoms with Gasteiger partial charge in [-0.05, 0) is 19.3 Å². The van der Waals surface area contributed by atoms with Gasteiger partial charge in [-0.1, -0.05) is 0 Å². The third kappa shape index (κ3) is 2.35. The molecule has 1 fully saturated rings. The Morgan fingerprint density at radius 2 is 2.00 bits per heavy atom.